The molecule has 27 heavy (non-hydrogen) atoms. The number of pyridine rings is 1. The normalized spacial score (nSPS) is 10.8. The molecule has 0 atom stereocenters. The molecule has 0 aliphatic carbocycles. The van der Waals surface area contributed by atoms with E-state index in [0.717, 1.165) is 5.56 Å². The second-order valence-electron chi connectivity index (χ2n) is 5.82. The number of rotatable bonds is 7. The maximum absolute atomic E-state index is 12.7. The van der Waals surface area contributed by atoms with Crippen LogP contribution in [-0.4, -0.2) is 20.7 Å². The van der Waals surface area contributed by atoms with E-state index in [1.54, 1.807) is 47.8 Å². The van der Waals surface area contributed by atoms with Crippen molar-refractivity contribution in [2.45, 2.75) is 13.1 Å². The standard InChI is InChI=1S/C20H17N3O4/c24-20(10-7-16-5-8-18(9-6-16)23(25)26)22(15-19-4-2-12-27-19)14-17-3-1-11-21-13-17/h1-13H,14-15H2. The van der Waals surface area contributed by atoms with Gasteiger partial charge in [-0.05, 0) is 47.5 Å². The second-order valence-corrected chi connectivity index (χ2v) is 5.82. The summed E-state index contributed by atoms with van der Waals surface area (Å²) in [6.45, 7) is 0.712. The highest BCUT2D eigenvalue weighted by atomic mass is 16.6. The van der Waals surface area contributed by atoms with Crippen LogP contribution in [0, 0.1) is 10.1 Å². The zero-order chi connectivity index (χ0) is 19.1. The van der Waals surface area contributed by atoms with E-state index in [0.29, 0.717) is 24.4 Å². The molecule has 2 aromatic heterocycles. The Labute approximate surface area is 155 Å². The molecule has 0 fully saturated rings. The number of nitro groups is 1. The Kier molecular flexibility index (Phi) is 5.73. The summed E-state index contributed by atoms with van der Waals surface area (Å²) >= 11 is 0. The number of carbonyl (C=O) groups is 1. The Hall–Kier alpha value is -3.74. The van der Waals surface area contributed by atoms with Crippen molar-refractivity contribution in [2.75, 3.05) is 0 Å². The van der Waals surface area contributed by atoms with Gasteiger partial charge in [-0.3, -0.25) is 19.9 Å². The van der Waals surface area contributed by atoms with Crippen molar-refractivity contribution < 1.29 is 14.1 Å². The molecular weight excluding hydrogens is 346 g/mol. The van der Waals surface area contributed by atoms with E-state index in [4.69, 9.17) is 4.42 Å². The zero-order valence-electron chi connectivity index (χ0n) is 14.4. The van der Waals surface area contributed by atoms with Crippen LogP contribution in [0.3, 0.4) is 0 Å². The third-order valence-corrected chi connectivity index (χ3v) is 3.86. The summed E-state index contributed by atoms with van der Waals surface area (Å²) in [5.74, 6) is 0.476. The number of nitrogens with zero attached hydrogens (tertiary/aromatic N) is 3. The fourth-order valence-electron chi connectivity index (χ4n) is 2.49. The summed E-state index contributed by atoms with van der Waals surface area (Å²) in [4.78, 5) is 28.6. The second kappa shape index (κ2) is 8.57. The predicted octanol–water partition coefficient (Wildman–Crippen LogP) is 3.83. The molecule has 136 valence electrons. The lowest BCUT2D eigenvalue weighted by atomic mass is 10.2. The molecule has 7 heteroatoms. The molecular formula is C20H17N3O4. The van der Waals surface area contributed by atoms with Crippen LogP contribution >= 0.6 is 0 Å². The molecule has 0 saturated heterocycles. The summed E-state index contributed by atoms with van der Waals surface area (Å²) in [6.07, 6.45) is 8.03. The number of nitro benzene ring substituents is 1. The average Bonchev–Trinajstić information content (AvgIpc) is 3.20. The van der Waals surface area contributed by atoms with Crippen LogP contribution in [0.1, 0.15) is 16.9 Å². The molecule has 0 aliphatic rings. The Morgan fingerprint density at radius 1 is 1.15 bits per heavy atom. The van der Waals surface area contributed by atoms with E-state index in [1.807, 2.05) is 18.2 Å². The fraction of sp³-hybridized carbons (Fsp3) is 0.100. The van der Waals surface area contributed by atoms with Crippen LogP contribution in [0.5, 0.6) is 0 Å². The van der Waals surface area contributed by atoms with E-state index >= 15 is 0 Å². The summed E-state index contributed by atoms with van der Waals surface area (Å²) in [6, 6.07) is 13.3. The third-order valence-electron chi connectivity index (χ3n) is 3.86. The van der Waals surface area contributed by atoms with Gasteiger partial charge in [-0.1, -0.05) is 6.07 Å². The predicted molar refractivity (Wildman–Crippen MR) is 99.3 cm³/mol. The van der Waals surface area contributed by atoms with Crippen LogP contribution < -0.4 is 0 Å². The Balaban J connectivity index is 1.74. The summed E-state index contributed by atoms with van der Waals surface area (Å²) in [5.41, 5.74) is 1.61. The van der Waals surface area contributed by atoms with E-state index < -0.39 is 4.92 Å². The number of hydrogen-bond donors (Lipinski definition) is 0. The van der Waals surface area contributed by atoms with Crippen molar-refractivity contribution in [1.82, 2.24) is 9.88 Å². The third kappa shape index (κ3) is 5.12. The van der Waals surface area contributed by atoms with Gasteiger partial charge in [0.1, 0.15) is 5.76 Å². The highest BCUT2D eigenvalue weighted by Crippen LogP contribution is 2.14. The molecule has 3 rings (SSSR count). The number of hydrogen-bond acceptors (Lipinski definition) is 5. The molecule has 1 aromatic carbocycles. The summed E-state index contributed by atoms with van der Waals surface area (Å²) < 4.78 is 5.35. The molecule has 2 heterocycles. The van der Waals surface area contributed by atoms with Gasteiger partial charge in [0.25, 0.3) is 5.69 Å². The van der Waals surface area contributed by atoms with Crippen molar-refractivity contribution in [1.29, 1.82) is 0 Å². The lowest BCUT2D eigenvalue weighted by Crippen LogP contribution is -2.28. The van der Waals surface area contributed by atoms with E-state index in [2.05, 4.69) is 4.98 Å². The number of carbonyl (C=O) groups excluding carboxylic acids is 1. The van der Waals surface area contributed by atoms with Gasteiger partial charge in [0.2, 0.25) is 5.91 Å². The van der Waals surface area contributed by atoms with E-state index in [1.165, 1.54) is 18.2 Å². The monoisotopic (exact) mass is 363 g/mol. The maximum Gasteiger partial charge on any atom is 0.269 e. The molecule has 0 aliphatic heterocycles. The Morgan fingerprint density at radius 3 is 2.59 bits per heavy atom. The molecule has 0 spiro atoms. The first-order chi connectivity index (χ1) is 13.1. The van der Waals surface area contributed by atoms with Crippen LogP contribution in [0.25, 0.3) is 6.08 Å². The molecule has 0 N–H and O–H groups in total. The van der Waals surface area contributed by atoms with Gasteiger partial charge in [0, 0.05) is 37.1 Å². The van der Waals surface area contributed by atoms with Gasteiger partial charge in [-0.25, -0.2) is 0 Å². The van der Waals surface area contributed by atoms with Crippen LogP contribution in [0.15, 0.2) is 77.7 Å². The number of aromatic nitrogens is 1. The number of non-ortho nitro benzene ring substituents is 1. The lowest BCUT2D eigenvalue weighted by molar-refractivity contribution is -0.384. The minimum Gasteiger partial charge on any atom is -0.467 e. The van der Waals surface area contributed by atoms with Crippen LogP contribution in [0.4, 0.5) is 5.69 Å². The SMILES string of the molecule is O=C(C=Cc1ccc([N+](=O)[O-])cc1)N(Cc1cccnc1)Cc1ccco1. The first-order valence-electron chi connectivity index (χ1n) is 8.24. The Bertz CT molecular complexity index is 920. The van der Waals surface area contributed by atoms with Crippen LogP contribution in [-0.2, 0) is 17.9 Å². The van der Waals surface area contributed by atoms with Gasteiger partial charge in [-0.2, -0.15) is 0 Å². The number of furan rings is 1. The Morgan fingerprint density at radius 2 is 1.96 bits per heavy atom. The van der Waals surface area contributed by atoms with Crippen LogP contribution in [0.2, 0.25) is 0 Å². The van der Waals surface area contributed by atoms with Crippen molar-refractivity contribution in [2.24, 2.45) is 0 Å². The quantitative estimate of drug-likeness (QED) is 0.362. The number of benzene rings is 1. The highest BCUT2D eigenvalue weighted by Gasteiger charge is 2.14. The number of amides is 1. The average molecular weight is 363 g/mol. The highest BCUT2D eigenvalue weighted by molar-refractivity contribution is 5.91. The van der Waals surface area contributed by atoms with Gasteiger partial charge in [0.05, 0.1) is 17.7 Å². The van der Waals surface area contributed by atoms with Gasteiger partial charge < -0.3 is 9.32 Å². The molecule has 3 aromatic rings. The van der Waals surface area contributed by atoms with E-state index in [9.17, 15) is 14.9 Å². The van der Waals surface area contributed by atoms with E-state index in [-0.39, 0.29) is 11.6 Å². The lowest BCUT2D eigenvalue weighted by Gasteiger charge is -2.20. The molecule has 0 saturated carbocycles. The minimum atomic E-state index is -0.461. The molecule has 1 amide bonds. The van der Waals surface area contributed by atoms with Gasteiger partial charge in [0.15, 0.2) is 0 Å². The fourth-order valence-corrected chi connectivity index (χ4v) is 2.49. The minimum absolute atomic E-state index is 0.00880. The zero-order valence-corrected chi connectivity index (χ0v) is 14.4. The topological polar surface area (TPSA) is 89.5 Å². The molecule has 0 radical (unpaired) electrons. The van der Waals surface area contributed by atoms with Gasteiger partial charge >= 0.3 is 0 Å². The van der Waals surface area contributed by atoms with Crippen molar-refractivity contribution in [3.63, 3.8) is 0 Å². The maximum atomic E-state index is 12.7. The van der Waals surface area contributed by atoms with Crippen molar-refractivity contribution in [3.05, 3.63) is 100 Å². The first-order valence-corrected chi connectivity index (χ1v) is 8.24. The largest absolute Gasteiger partial charge is 0.467 e. The summed E-state index contributed by atoms with van der Waals surface area (Å²) in [5, 5.41) is 10.7. The smallest absolute Gasteiger partial charge is 0.269 e. The molecule has 0 bridgehead atoms. The summed E-state index contributed by atoms with van der Waals surface area (Å²) in [7, 11) is 0. The first kappa shape index (κ1) is 18.1. The molecule has 0 unspecified atom stereocenters. The van der Waals surface area contributed by atoms with Crippen molar-refractivity contribution in [3.8, 4) is 0 Å². The van der Waals surface area contributed by atoms with Crippen molar-refractivity contribution >= 4 is 17.7 Å². The molecule has 7 nitrogen and oxygen atoms in total. The van der Waals surface area contributed by atoms with Gasteiger partial charge in [-0.15, -0.1) is 0 Å².